The van der Waals surface area contributed by atoms with Crippen molar-refractivity contribution in [1.29, 1.82) is 0 Å². The molecule has 0 aromatic rings. The van der Waals surface area contributed by atoms with Gasteiger partial charge in [-0.05, 0) is 6.42 Å². The molecule has 0 radical (unpaired) electrons. The maximum absolute atomic E-state index is 10.5. The van der Waals surface area contributed by atoms with E-state index in [9.17, 15) is 18.0 Å². The van der Waals surface area contributed by atoms with Gasteiger partial charge in [0.15, 0.2) is 0 Å². The SMILES string of the molecule is NC(=O)CC[C@@H](OS(=O)(=O)O)[C@H](N)C(=O)O. The van der Waals surface area contributed by atoms with E-state index in [1.807, 2.05) is 0 Å². The zero-order valence-electron chi connectivity index (χ0n) is 8.07. The van der Waals surface area contributed by atoms with E-state index in [0.29, 0.717) is 0 Å². The van der Waals surface area contributed by atoms with Crippen LogP contribution < -0.4 is 11.5 Å². The van der Waals surface area contributed by atoms with E-state index in [-0.39, 0.29) is 12.8 Å². The van der Waals surface area contributed by atoms with Crippen LogP contribution in [0.25, 0.3) is 0 Å². The number of hydrogen-bond donors (Lipinski definition) is 4. The third-order valence-electron chi connectivity index (χ3n) is 1.61. The molecule has 0 saturated heterocycles. The van der Waals surface area contributed by atoms with Crippen molar-refractivity contribution in [2.45, 2.75) is 25.0 Å². The van der Waals surface area contributed by atoms with Crippen molar-refractivity contribution in [2.24, 2.45) is 11.5 Å². The zero-order valence-corrected chi connectivity index (χ0v) is 8.88. The molecule has 0 aromatic carbocycles. The van der Waals surface area contributed by atoms with Gasteiger partial charge in [0.1, 0.15) is 12.1 Å². The molecule has 0 bridgehead atoms. The molecule has 0 saturated carbocycles. The van der Waals surface area contributed by atoms with E-state index in [1.54, 1.807) is 0 Å². The lowest BCUT2D eigenvalue weighted by molar-refractivity contribution is -0.141. The first kappa shape index (κ1) is 14.8. The molecule has 0 fully saturated rings. The molecule has 0 aromatic heterocycles. The summed E-state index contributed by atoms with van der Waals surface area (Å²) in [6.07, 6.45) is -2.20. The highest BCUT2D eigenvalue weighted by atomic mass is 32.3. The maximum atomic E-state index is 10.5. The van der Waals surface area contributed by atoms with Gasteiger partial charge in [-0.3, -0.25) is 14.1 Å². The number of aliphatic carboxylic acids is 1. The van der Waals surface area contributed by atoms with Crippen LogP contribution in [0.1, 0.15) is 12.8 Å². The van der Waals surface area contributed by atoms with Crippen LogP contribution in [0.2, 0.25) is 0 Å². The molecule has 0 aliphatic heterocycles. The van der Waals surface area contributed by atoms with Crippen molar-refractivity contribution in [1.82, 2.24) is 0 Å². The summed E-state index contributed by atoms with van der Waals surface area (Å²) in [5.74, 6) is -2.31. The minimum Gasteiger partial charge on any atom is -0.480 e. The Hall–Kier alpha value is -1.23. The normalized spacial score (nSPS) is 15.4. The number of carboxylic acids is 1. The fourth-order valence-corrected chi connectivity index (χ4v) is 1.42. The molecule has 6 N–H and O–H groups in total. The molecule has 2 atom stereocenters. The Labute approximate surface area is 91.3 Å². The van der Waals surface area contributed by atoms with E-state index in [0.717, 1.165) is 0 Å². The molecule has 0 aliphatic rings. The quantitative estimate of drug-likeness (QED) is 0.373. The highest BCUT2D eigenvalue weighted by molar-refractivity contribution is 7.80. The van der Waals surface area contributed by atoms with Crippen molar-refractivity contribution < 1.29 is 31.8 Å². The van der Waals surface area contributed by atoms with E-state index in [2.05, 4.69) is 4.18 Å². The second kappa shape index (κ2) is 5.75. The predicted molar refractivity (Wildman–Crippen MR) is 50.5 cm³/mol. The molecule has 1 amide bonds. The number of hydrogen-bond acceptors (Lipinski definition) is 6. The van der Waals surface area contributed by atoms with Gasteiger partial charge in [0, 0.05) is 6.42 Å². The van der Waals surface area contributed by atoms with Crippen LogP contribution in [0.4, 0.5) is 0 Å². The van der Waals surface area contributed by atoms with E-state index < -0.39 is 34.4 Å². The Morgan fingerprint density at radius 3 is 2.19 bits per heavy atom. The first-order valence-electron chi connectivity index (χ1n) is 4.06. The van der Waals surface area contributed by atoms with Gasteiger partial charge in [-0.2, -0.15) is 8.42 Å². The van der Waals surface area contributed by atoms with Crippen molar-refractivity contribution >= 4 is 22.3 Å². The second-order valence-electron chi connectivity index (χ2n) is 2.93. The Morgan fingerprint density at radius 2 is 1.88 bits per heavy atom. The first-order valence-corrected chi connectivity index (χ1v) is 5.42. The van der Waals surface area contributed by atoms with Gasteiger partial charge in [0.05, 0.1) is 0 Å². The lowest BCUT2D eigenvalue weighted by Gasteiger charge is -2.18. The molecule has 16 heavy (non-hydrogen) atoms. The molecular formula is C6H12N2O7S. The summed E-state index contributed by atoms with van der Waals surface area (Å²) in [7, 11) is -4.85. The average molecular weight is 256 g/mol. The number of nitrogens with two attached hydrogens (primary N) is 2. The molecule has 0 rings (SSSR count). The Balaban J connectivity index is 4.63. The summed E-state index contributed by atoms with van der Waals surface area (Å²) < 4.78 is 33.2. The summed E-state index contributed by atoms with van der Waals surface area (Å²) in [5, 5.41) is 8.52. The molecule has 10 heteroatoms. The second-order valence-corrected chi connectivity index (χ2v) is 3.98. The number of carbonyl (C=O) groups is 2. The molecule has 0 aliphatic carbocycles. The van der Waals surface area contributed by atoms with Gasteiger partial charge in [0.25, 0.3) is 0 Å². The lowest BCUT2D eigenvalue weighted by atomic mass is 10.1. The van der Waals surface area contributed by atoms with Crippen molar-refractivity contribution in [3.05, 3.63) is 0 Å². The van der Waals surface area contributed by atoms with Gasteiger partial charge in [-0.1, -0.05) is 0 Å². The Morgan fingerprint density at radius 1 is 1.38 bits per heavy atom. The highest BCUT2D eigenvalue weighted by Gasteiger charge is 2.29. The van der Waals surface area contributed by atoms with E-state index >= 15 is 0 Å². The monoisotopic (exact) mass is 256 g/mol. The Bertz CT molecular complexity index is 365. The number of amides is 1. The summed E-state index contributed by atoms with van der Waals surface area (Å²) in [6.45, 7) is 0. The maximum Gasteiger partial charge on any atom is 0.397 e. The van der Waals surface area contributed by atoms with Gasteiger partial charge in [0.2, 0.25) is 5.91 Å². The van der Waals surface area contributed by atoms with Crippen LogP contribution in [-0.2, 0) is 24.2 Å². The molecule has 9 nitrogen and oxygen atoms in total. The number of carbonyl (C=O) groups excluding carboxylic acids is 1. The third-order valence-corrected chi connectivity index (χ3v) is 2.10. The van der Waals surface area contributed by atoms with Crippen molar-refractivity contribution in [3.8, 4) is 0 Å². The third kappa shape index (κ3) is 6.29. The molecule has 94 valence electrons. The Kier molecular flexibility index (Phi) is 5.30. The minimum atomic E-state index is -4.85. The predicted octanol–water partition coefficient (Wildman–Crippen LogP) is -2.15. The minimum absolute atomic E-state index is 0.318. The topological polar surface area (TPSA) is 170 Å². The lowest BCUT2D eigenvalue weighted by Crippen LogP contribution is -2.44. The van der Waals surface area contributed by atoms with Gasteiger partial charge < -0.3 is 16.6 Å². The van der Waals surface area contributed by atoms with Crippen LogP contribution >= 0.6 is 0 Å². The van der Waals surface area contributed by atoms with Crippen LogP contribution in [-0.4, -0.2) is 42.1 Å². The standard InChI is InChI=1S/C6H12N2O7S/c7-4(9)2-1-3(5(8)6(10)11)15-16(12,13)14/h3,5H,1-2,8H2,(H2,7,9)(H,10,11)(H,12,13,14)/t3-,5+/m1/s1. The van der Waals surface area contributed by atoms with E-state index in [4.69, 9.17) is 21.1 Å². The van der Waals surface area contributed by atoms with Crippen LogP contribution in [0, 0.1) is 0 Å². The molecular weight excluding hydrogens is 244 g/mol. The van der Waals surface area contributed by atoms with Crippen LogP contribution in [0.3, 0.4) is 0 Å². The van der Waals surface area contributed by atoms with E-state index in [1.165, 1.54) is 0 Å². The van der Waals surface area contributed by atoms with Crippen molar-refractivity contribution in [2.75, 3.05) is 0 Å². The van der Waals surface area contributed by atoms with Crippen LogP contribution in [0.15, 0.2) is 0 Å². The average Bonchev–Trinajstić information content (AvgIpc) is 2.08. The fraction of sp³-hybridized carbons (Fsp3) is 0.667. The van der Waals surface area contributed by atoms with Gasteiger partial charge in [-0.25, -0.2) is 4.18 Å². The molecule has 0 heterocycles. The fourth-order valence-electron chi connectivity index (χ4n) is 0.887. The summed E-state index contributed by atoms with van der Waals surface area (Å²) in [5.41, 5.74) is 9.89. The summed E-state index contributed by atoms with van der Waals surface area (Å²) in [6, 6.07) is -1.69. The van der Waals surface area contributed by atoms with Crippen molar-refractivity contribution in [3.63, 3.8) is 0 Å². The smallest absolute Gasteiger partial charge is 0.397 e. The van der Waals surface area contributed by atoms with Gasteiger partial charge in [-0.15, -0.1) is 0 Å². The largest absolute Gasteiger partial charge is 0.480 e. The summed E-state index contributed by atoms with van der Waals surface area (Å²) >= 11 is 0. The first-order chi connectivity index (χ1) is 7.13. The molecule has 0 spiro atoms. The highest BCUT2D eigenvalue weighted by Crippen LogP contribution is 2.09. The number of primary amides is 1. The number of rotatable bonds is 7. The zero-order chi connectivity index (χ0) is 12.9. The van der Waals surface area contributed by atoms with Gasteiger partial charge >= 0.3 is 16.4 Å². The number of carboxylic acid groups (broad SMARTS) is 1. The summed E-state index contributed by atoms with van der Waals surface area (Å²) in [4.78, 5) is 20.9. The van der Waals surface area contributed by atoms with Crippen LogP contribution in [0.5, 0.6) is 0 Å². The molecule has 0 unspecified atom stereocenters.